The molecule has 0 radical (unpaired) electrons. The first-order chi connectivity index (χ1) is 16.4. The Morgan fingerprint density at radius 2 is 1.69 bits per heavy atom. The van der Waals surface area contributed by atoms with Gasteiger partial charge in [0.15, 0.2) is 0 Å². The van der Waals surface area contributed by atoms with E-state index in [1.807, 2.05) is 6.07 Å². The summed E-state index contributed by atoms with van der Waals surface area (Å²) in [5.74, 6) is 0.362. The van der Waals surface area contributed by atoms with Crippen LogP contribution in [-0.4, -0.2) is 51.5 Å². The third-order valence-corrected chi connectivity index (χ3v) is 10.7. The first-order valence-electron chi connectivity index (χ1n) is 11.9. The molecule has 0 unspecified atom stereocenters. The second-order valence-corrected chi connectivity index (χ2v) is 12.9. The van der Waals surface area contributed by atoms with Gasteiger partial charge in [0.2, 0.25) is 0 Å². The lowest BCUT2D eigenvalue weighted by Gasteiger charge is -2.40. The fourth-order valence-electron chi connectivity index (χ4n) is 5.05. The fraction of sp³-hybridized carbons (Fsp3) is 0.583. The number of piperazine rings is 1. The van der Waals surface area contributed by atoms with Gasteiger partial charge in [-0.15, -0.1) is 11.3 Å². The largest absolute Gasteiger partial charge is 0.418 e. The van der Waals surface area contributed by atoms with Gasteiger partial charge >= 0.3 is 6.18 Å². The molecule has 2 fully saturated rings. The summed E-state index contributed by atoms with van der Waals surface area (Å²) in [5, 5.41) is 0.929. The molecule has 1 atom stereocenters. The Morgan fingerprint density at radius 3 is 2.29 bits per heavy atom. The Hall–Kier alpha value is -1.85. The minimum Gasteiger partial charge on any atom is -0.368 e. The molecule has 2 aromatic rings. The molecule has 11 heteroatoms. The fourth-order valence-corrected chi connectivity index (χ4v) is 8.14. The van der Waals surface area contributed by atoms with E-state index in [-0.39, 0.29) is 29.5 Å². The Kier molecular flexibility index (Phi) is 7.41. The second kappa shape index (κ2) is 9.89. The Labute approximate surface area is 208 Å². The van der Waals surface area contributed by atoms with E-state index in [0.717, 1.165) is 43.1 Å². The van der Waals surface area contributed by atoms with Crippen molar-refractivity contribution in [2.75, 3.05) is 42.5 Å². The van der Waals surface area contributed by atoms with Crippen molar-refractivity contribution in [1.29, 1.82) is 0 Å². The lowest BCUT2D eigenvalue weighted by molar-refractivity contribution is -0.137. The van der Waals surface area contributed by atoms with Crippen LogP contribution in [0.25, 0.3) is 0 Å². The molecular weight excluding hydrogens is 502 g/mol. The van der Waals surface area contributed by atoms with Crippen molar-refractivity contribution in [3.8, 4) is 0 Å². The lowest BCUT2D eigenvalue weighted by Crippen LogP contribution is -2.54. The Morgan fingerprint density at radius 1 is 1.00 bits per heavy atom. The van der Waals surface area contributed by atoms with Crippen LogP contribution in [0.3, 0.4) is 0 Å². The summed E-state index contributed by atoms with van der Waals surface area (Å²) in [6, 6.07) is 5.53. The van der Waals surface area contributed by atoms with E-state index >= 15 is 0 Å². The van der Waals surface area contributed by atoms with Gasteiger partial charge in [0.25, 0.3) is 10.0 Å². The van der Waals surface area contributed by atoms with Crippen molar-refractivity contribution in [1.82, 2.24) is 4.31 Å². The maximum Gasteiger partial charge on any atom is 0.418 e. The van der Waals surface area contributed by atoms with Gasteiger partial charge in [-0.3, -0.25) is 0 Å². The first kappa shape index (κ1) is 26.2. The average molecular weight is 534 g/mol. The van der Waals surface area contributed by atoms with Crippen molar-refractivity contribution >= 4 is 32.0 Å². The predicted molar refractivity (Wildman–Crippen MR) is 131 cm³/mol. The molecule has 1 aromatic carbocycles. The van der Waals surface area contributed by atoms with E-state index < -0.39 is 33.6 Å². The Balaban J connectivity index is 1.47. The number of alkyl halides is 3. The summed E-state index contributed by atoms with van der Waals surface area (Å²) in [5.41, 5.74) is -1.18. The van der Waals surface area contributed by atoms with Gasteiger partial charge in [0.1, 0.15) is 10.0 Å². The van der Waals surface area contributed by atoms with Crippen molar-refractivity contribution in [2.45, 2.75) is 50.0 Å². The molecule has 2 saturated heterocycles. The number of halogens is 4. The molecule has 0 aliphatic carbocycles. The second-order valence-electron chi connectivity index (χ2n) is 9.73. The minimum atomic E-state index is -4.71. The quantitative estimate of drug-likeness (QED) is 0.464. The van der Waals surface area contributed by atoms with Gasteiger partial charge < -0.3 is 9.80 Å². The van der Waals surface area contributed by atoms with Crippen LogP contribution in [-0.2, 0) is 16.2 Å². The minimum absolute atomic E-state index is 0.0468. The van der Waals surface area contributed by atoms with Gasteiger partial charge in [-0.25, -0.2) is 12.8 Å². The van der Waals surface area contributed by atoms with Crippen molar-refractivity contribution < 1.29 is 26.0 Å². The predicted octanol–water partition coefficient (Wildman–Crippen LogP) is 5.68. The van der Waals surface area contributed by atoms with E-state index in [4.69, 9.17) is 0 Å². The van der Waals surface area contributed by atoms with Crippen molar-refractivity contribution in [3.63, 3.8) is 0 Å². The zero-order valence-corrected chi connectivity index (χ0v) is 21.7. The molecule has 0 bridgehead atoms. The van der Waals surface area contributed by atoms with Crippen LogP contribution in [0.15, 0.2) is 34.5 Å². The highest BCUT2D eigenvalue weighted by molar-refractivity contribution is 7.91. The molecule has 0 N–H and O–H groups in total. The average Bonchev–Trinajstić information content (AvgIpc) is 3.29. The summed E-state index contributed by atoms with van der Waals surface area (Å²) < 4.78 is 82.4. The molecule has 2 aliphatic rings. The number of piperidine rings is 1. The number of hydrogen-bond donors (Lipinski definition) is 0. The van der Waals surface area contributed by atoms with Gasteiger partial charge in [0, 0.05) is 44.5 Å². The van der Waals surface area contributed by atoms with Crippen LogP contribution in [0, 0.1) is 17.7 Å². The molecule has 5 nitrogen and oxygen atoms in total. The molecule has 3 heterocycles. The highest BCUT2D eigenvalue weighted by atomic mass is 32.2. The van der Waals surface area contributed by atoms with Crippen LogP contribution >= 0.6 is 11.3 Å². The molecular formula is C24H31F4N3O2S2. The van der Waals surface area contributed by atoms with Crippen LogP contribution in [0.2, 0.25) is 0 Å². The zero-order valence-electron chi connectivity index (χ0n) is 20.1. The highest BCUT2D eigenvalue weighted by Gasteiger charge is 2.39. The van der Waals surface area contributed by atoms with Crippen LogP contribution < -0.4 is 9.80 Å². The zero-order chi connectivity index (χ0) is 25.5. The molecule has 0 spiro atoms. The monoisotopic (exact) mass is 533 g/mol. The molecule has 0 amide bonds. The number of benzene rings is 1. The standard InChI is InChI=1S/C24H31F4N3O2S2/c1-16(2)18-8-10-29(11-9-18)22-6-7-23(34-22)35(32,33)31-13-12-30(15-17(31)3)21-5-4-19(25)14-20(21)24(26,27)28/h4-7,14,16-18H,8-13,15H2,1-3H3/t17-/m1/s1. The lowest BCUT2D eigenvalue weighted by atomic mass is 9.87. The third-order valence-electron chi connectivity index (χ3n) is 7.10. The molecule has 4 rings (SSSR count). The highest BCUT2D eigenvalue weighted by Crippen LogP contribution is 2.39. The van der Waals surface area contributed by atoms with Gasteiger partial charge in [-0.05, 0) is 61.9 Å². The summed E-state index contributed by atoms with van der Waals surface area (Å²) in [6.07, 6.45) is -2.54. The van der Waals surface area contributed by atoms with E-state index in [1.54, 1.807) is 13.0 Å². The molecule has 35 heavy (non-hydrogen) atoms. The van der Waals surface area contributed by atoms with Gasteiger partial charge in [-0.2, -0.15) is 17.5 Å². The van der Waals surface area contributed by atoms with Crippen LogP contribution in [0.5, 0.6) is 0 Å². The maximum absolute atomic E-state index is 13.5. The van der Waals surface area contributed by atoms with Crippen LogP contribution in [0.4, 0.5) is 28.3 Å². The van der Waals surface area contributed by atoms with Gasteiger partial charge in [-0.1, -0.05) is 13.8 Å². The number of hydrogen-bond acceptors (Lipinski definition) is 5. The normalized spacial score (nSPS) is 21.2. The number of thiophene rings is 1. The molecule has 1 aromatic heterocycles. The van der Waals surface area contributed by atoms with E-state index in [9.17, 15) is 26.0 Å². The molecule has 194 valence electrons. The van der Waals surface area contributed by atoms with Gasteiger partial charge in [0.05, 0.1) is 10.6 Å². The van der Waals surface area contributed by atoms with Crippen LogP contribution in [0.1, 0.15) is 39.2 Å². The first-order valence-corrected chi connectivity index (χ1v) is 14.1. The Bertz CT molecular complexity index is 1140. The summed E-state index contributed by atoms with van der Waals surface area (Å²) >= 11 is 1.25. The topological polar surface area (TPSA) is 43.9 Å². The van der Waals surface area contributed by atoms with Crippen molar-refractivity contribution in [3.05, 3.63) is 41.7 Å². The van der Waals surface area contributed by atoms with E-state index in [1.165, 1.54) is 20.5 Å². The SMILES string of the molecule is CC(C)C1CCN(c2ccc(S(=O)(=O)N3CCN(c4ccc(F)cc4C(F)(F)F)C[C@H]3C)s2)CC1. The number of sulfonamides is 1. The summed E-state index contributed by atoms with van der Waals surface area (Å²) in [7, 11) is -3.79. The number of rotatable bonds is 5. The molecule has 0 saturated carbocycles. The maximum atomic E-state index is 13.5. The third kappa shape index (κ3) is 5.46. The van der Waals surface area contributed by atoms with Crippen molar-refractivity contribution in [2.24, 2.45) is 11.8 Å². The number of anilines is 2. The molecule has 2 aliphatic heterocycles. The van der Waals surface area contributed by atoms with E-state index in [0.29, 0.717) is 17.9 Å². The van der Waals surface area contributed by atoms with E-state index in [2.05, 4.69) is 18.7 Å². The summed E-state index contributed by atoms with van der Waals surface area (Å²) in [4.78, 5) is 3.72. The smallest absolute Gasteiger partial charge is 0.368 e. The summed E-state index contributed by atoms with van der Waals surface area (Å²) in [6.45, 7) is 8.16. The number of nitrogens with zero attached hydrogens (tertiary/aromatic N) is 3.